The van der Waals surface area contributed by atoms with Crippen LogP contribution in [0.3, 0.4) is 0 Å². The third-order valence-corrected chi connectivity index (χ3v) is 3.21. The SMILES string of the molecule is O=C(O)NCc1ccc(C=Cc2cccc(I)n2)cc1. The van der Waals surface area contributed by atoms with Gasteiger partial charge >= 0.3 is 6.09 Å². The topological polar surface area (TPSA) is 62.2 Å². The molecule has 4 nitrogen and oxygen atoms in total. The van der Waals surface area contributed by atoms with Gasteiger partial charge in [-0.15, -0.1) is 0 Å². The van der Waals surface area contributed by atoms with Gasteiger partial charge in [0, 0.05) is 6.54 Å². The van der Waals surface area contributed by atoms with Crippen LogP contribution in [0.25, 0.3) is 12.2 Å². The second-order valence-electron chi connectivity index (χ2n) is 4.12. The van der Waals surface area contributed by atoms with Gasteiger partial charge in [0.2, 0.25) is 0 Å². The highest BCUT2D eigenvalue weighted by molar-refractivity contribution is 14.1. The van der Waals surface area contributed by atoms with Gasteiger partial charge in [0.1, 0.15) is 3.70 Å². The minimum absolute atomic E-state index is 0.317. The van der Waals surface area contributed by atoms with Gasteiger partial charge in [-0.2, -0.15) is 0 Å². The van der Waals surface area contributed by atoms with E-state index in [-0.39, 0.29) is 0 Å². The molecule has 5 heteroatoms. The third-order valence-electron chi connectivity index (χ3n) is 2.61. The summed E-state index contributed by atoms with van der Waals surface area (Å²) in [5.74, 6) is 0. The normalized spacial score (nSPS) is 10.7. The van der Waals surface area contributed by atoms with E-state index in [1.54, 1.807) is 0 Å². The average molecular weight is 380 g/mol. The molecule has 0 bridgehead atoms. The molecule has 2 rings (SSSR count). The van der Waals surface area contributed by atoms with Crippen molar-refractivity contribution in [2.75, 3.05) is 0 Å². The lowest BCUT2D eigenvalue weighted by atomic mass is 10.1. The van der Waals surface area contributed by atoms with Gasteiger partial charge in [-0.25, -0.2) is 9.78 Å². The highest BCUT2D eigenvalue weighted by Gasteiger charge is 1.96. The van der Waals surface area contributed by atoms with E-state index in [9.17, 15) is 4.79 Å². The predicted molar refractivity (Wildman–Crippen MR) is 87.2 cm³/mol. The minimum Gasteiger partial charge on any atom is -0.465 e. The molecule has 0 fully saturated rings. The molecule has 0 aliphatic carbocycles. The Labute approximate surface area is 130 Å². The maximum Gasteiger partial charge on any atom is 0.404 e. The smallest absolute Gasteiger partial charge is 0.404 e. The van der Waals surface area contributed by atoms with Gasteiger partial charge in [-0.3, -0.25) is 0 Å². The van der Waals surface area contributed by atoms with Gasteiger partial charge < -0.3 is 10.4 Å². The molecule has 0 aliphatic heterocycles. The van der Waals surface area contributed by atoms with Crippen LogP contribution < -0.4 is 5.32 Å². The first kappa shape index (κ1) is 14.5. The van der Waals surface area contributed by atoms with Crippen molar-refractivity contribution in [1.29, 1.82) is 0 Å². The lowest BCUT2D eigenvalue weighted by Crippen LogP contribution is -2.19. The van der Waals surface area contributed by atoms with Crippen molar-refractivity contribution in [2.24, 2.45) is 0 Å². The quantitative estimate of drug-likeness (QED) is 0.629. The average Bonchev–Trinajstić information content (AvgIpc) is 2.44. The molecule has 0 atom stereocenters. The zero-order chi connectivity index (χ0) is 14.4. The number of aromatic nitrogens is 1. The molecule has 20 heavy (non-hydrogen) atoms. The molecular weight excluding hydrogens is 367 g/mol. The number of amides is 1. The molecule has 0 radical (unpaired) electrons. The molecule has 1 amide bonds. The maximum atomic E-state index is 10.4. The molecule has 0 aliphatic rings. The highest BCUT2D eigenvalue weighted by Crippen LogP contribution is 2.10. The number of benzene rings is 1. The molecule has 102 valence electrons. The van der Waals surface area contributed by atoms with Gasteiger partial charge in [-0.1, -0.05) is 36.4 Å². The first-order valence-corrected chi connectivity index (χ1v) is 7.08. The van der Waals surface area contributed by atoms with Crippen LogP contribution in [0.4, 0.5) is 4.79 Å². The van der Waals surface area contributed by atoms with E-state index >= 15 is 0 Å². The largest absolute Gasteiger partial charge is 0.465 e. The Kier molecular flexibility index (Phi) is 5.11. The van der Waals surface area contributed by atoms with Crippen LogP contribution in [-0.2, 0) is 6.54 Å². The Morgan fingerprint density at radius 1 is 1.20 bits per heavy atom. The van der Waals surface area contributed by atoms with E-state index < -0.39 is 6.09 Å². The molecule has 0 spiro atoms. The number of halogens is 1. The fraction of sp³-hybridized carbons (Fsp3) is 0.0667. The molecule has 1 heterocycles. The lowest BCUT2D eigenvalue weighted by Gasteiger charge is -2.01. The molecule has 0 saturated heterocycles. The van der Waals surface area contributed by atoms with Crippen molar-refractivity contribution in [2.45, 2.75) is 6.54 Å². The highest BCUT2D eigenvalue weighted by atomic mass is 127. The summed E-state index contributed by atoms with van der Waals surface area (Å²) >= 11 is 2.18. The Morgan fingerprint density at radius 2 is 1.95 bits per heavy atom. The van der Waals surface area contributed by atoms with Gasteiger partial charge in [0.25, 0.3) is 0 Å². The Bertz CT molecular complexity index is 624. The Hall–Kier alpha value is -1.89. The summed E-state index contributed by atoms with van der Waals surface area (Å²) in [5, 5.41) is 10.9. The first-order chi connectivity index (χ1) is 9.63. The van der Waals surface area contributed by atoms with E-state index in [1.807, 2.05) is 54.6 Å². The fourth-order valence-electron chi connectivity index (χ4n) is 1.62. The van der Waals surface area contributed by atoms with Crippen molar-refractivity contribution in [3.8, 4) is 0 Å². The molecule has 2 N–H and O–H groups in total. The summed E-state index contributed by atoms with van der Waals surface area (Å²) in [6.07, 6.45) is 2.91. The summed E-state index contributed by atoms with van der Waals surface area (Å²) in [4.78, 5) is 14.8. The van der Waals surface area contributed by atoms with E-state index in [0.29, 0.717) is 6.54 Å². The number of hydrogen-bond acceptors (Lipinski definition) is 2. The third kappa shape index (κ3) is 4.65. The second kappa shape index (κ2) is 7.04. The molecule has 0 unspecified atom stereocenters. The summed E-state index contributed by atoms with van der Waals surface area (Å²) in [6.45, 7) is 0.317. The van der Waals surface area contributed by atoms with Gasteiger partial charge in [0.05, 0.1) is 5.69 Å². The number of hydrogen-bond donors (Lipinski definition) is 2. The van der Waals surface area contributed by atoms with Gasteiger partial charge in [-0.05, 0) is 51.9 Å². The predicted octanol–water partition coefficient (Wildman–Crippen LogP) is 3.62. The second-order valence-corrected chi connectivity index (χ2v) is 5.22. The van der Waals surface area contributed by atoms with Crippen molar-refractivity contribution in [3.05, 3.63) is 63.0 Å². The minimum atomic E-state index is -1.02. The Morgan fingerprint density at radius 3 is 2.60 bits per heavy atom. The summed E-state index contributed by atoms with van der Waals surface area (Å²) < 4.78 is 0.958. The first-order valence-electron chi connectivity index (χ1n) is 6.00. The summed E-state index contributed by atoms with van der Waals surface area (Å²) in [5.41, 5.74) is 2.88. The molecule has 2 aromatic rings. The van der Waals surface area contributed by atoms with Crippen molar-refractivity contribution in [1.82, 2.24) is 10.3 Å². The van der Waals surface area contributed by atoms with Crippen molar-refractivity contribution >= 4 is 40.8 Å². The van der Waals surface area contributed by atoms with Gasteiger partial charge in [0.15, 0.2) is 0 Å². The van der Waals surface area contributed by atoms with E-state index in [2.05, 4.69) is 32.9 Å². The van der Waals surface area contributed by atoms with Crippen LogP contribution in [0.5, 0.6) is 0 Å². The number of rotatable bonds is 4. The summed E-state index contributed by atoms with van der Waals surface area (Å²) in [6, 6.07) is 13.6. The molecule has 0 saturated carbocycles. The fourth-order valence-corrected chi connectivity index (χ4v) is 2.11. The van der Waals surface area contributed by atoms with Crippen molar-refractivity contribution < 1.29 is 9.90 Å². The standard InChI is InChI=1S/C15H13IN2O2/c16-14-3-1-2-13(18-14)9-8-11-4-6-12(7-5-11)10-17-15(19)20/h1-9,17H,10H2,(H,19,20). The van der Waals surface area contributed by atoms with Crippen LogP contribution in [0.15, 0.2) is 42.5 Å². The lowest BCUT2D eigenvalue weighted by molar-refractivity contribution is 0.194. The number of nitrogens with one attached hydrogen (secondary N) is 1. The zero-order valence-electron chi connectivity index (χ0n) is 10.6. The van der Waals surface area contributed by atoms with Crippen LogP contribution in [-0.4, -0.2) is 16.2 Å². The Balaban J connectivity index is 2.01. The van der Waals surface area contributed by atoms with E-state index in [4.69, 9.17) is 5.11 Å². The molecule has 1 aromatic heterocycles. The van der Waals surface area contributed by atoms with E-state index in [0.717, 1.165) is 20.5 Å². The number of carboxylic acid groups (broad SMARTS) is 1. The number of pyridine rings is 1. The van der Waals surface area contributed by atoms with Crippen LogP contribution in [0.2, 0.25) is 0 Å². The molecule has 1 aromatic carbocycles. The zero-order valence-corrected chi connectivity index (χ0v) is 12.7. The number of carbonyl (C=O) groups is 1. The monoisotopic (exact) mass is 380 g/mol. The number of nitrogens with zero attached hydrogens (tertiary/aromatic N) is 1. The molecular formula is C15H13IN2O2. The van der Waals surface area contributed by atoms with Crippen LogP contribution in [0.1, 0.15) is 16.8 Å². The van der Waals surface area contributed by atoms with E-state index in [1.165, 1.54) is 0 Å². The van der Waals surface area contributed by atoms with Crippen LogP contribution >= 0.6 is 22.6 Å². The van der Waals surface area contributed by atoms with Crippen LogP contribution in [0, 0.1) is 3.70 Å². The maximum absolute atomic E-state index is 10.4. The summed E-state index contributed by atoms with van der Waals surface area (Å²) in [7, 11) is 0. The van der Waals surface area contributed by atoms with Crippen molar-refractivity contribution in [3.63, 3.8) is 0 Å².